The van der Waals surface area contributed by atoms with Crippen molar-refractivity contribution in [3.05, 3.63) is 99.2 Å². The molecule has 0 aliphatic carbocycles. The van der Waals surface area contributed by atoms with Crippen LogP contribution < -0.4 is 5.56 Å². The number of hydrogen-bond donors (Lipinski definition) is 1. The molecular formula is C29H33N3O6. The molecule has 9 heteroatoms. The van der Waals surface area contributed by atoms with Crippen molar-refractivity contribution in [3.63, 3.8) is 0 Å². The average Bonchev–Trinajstić information content (AvgIpc) is 3.19. The van der Waals surface area contributed by atoms with E-state index in [-0.39, 0.29) is 36.4 Å². The van der Waals surface area contributed by atoms with Gasteiger partial charge in [-0.25, -0.2) is 4.68 Å². The number of carbonyl (C=O) groups is 1. The lowest BCUT2D eigenvalue weighted by Gasteiger charge is -2.32. The van der Waals surface area contributed by atoms with Gasteiger partial charge in [-0.05, 0) is 36.3 Å². The normalized spacial score (nSPS) is 19.7. The molecule has 0 spiro atoms. The Morgan fingerprint density at radius 1 is 1.05 bits per heavy atom. The van der Waals surface area contributed by atoms with Crippen LogP contribution in [0.4, 0.5) is 0 Å². The molecule has 0 radical (unpaired) electrons. The molecule has 3 heterocycles. The van der Waals surface area contributed by atoms with Gasteiger partial charge in [0, 0.05) is 43.7 Å². The molecule has 38 heavy (non-hydrogen) atoms. The fraction of sp³-hybridized carbons (Fsp3) is 0.379. The summed E-state index contributed by atoms with van der Waals surface area (Å²) in [7, 11) is 1.86. The zero-order valence-corrected chi connectivity index (χ0v) is 21.7. The summed E-state index contributed by atoms with van der Waals surface area (Å²) in [6, 6.07) is 17.0. The van der Waals surface area contributed by atoms with Crippen LogP contribution in [0, 0.1) is 6.92 Å². The number of carbonyl (C=O) groups excluding carboxylic acids is 1. The molecule has 2 aliphatic rings. The first-order valence-electron chi connectivity index (χ1n) is 12.9. The molecule has 2 atom stereocenters. The quantitative estimate of drug-likeness (QED) is 0.516. The molecule has 0 unspecified atom stereocenters. The van der Waals surface area contributed by atoms with Gasteiger partial charge in [0.25, 0.3) is 11.5 Å². The molecule has 2 aromatic carbocycles. The van der Waals surface area contributed by atoms with Crippen molar-refractivity contribution in [2.45, 2.75) is 38.8 Å². The van der Waals surface area contributed by atoms with Gasteiger partial charge in [-0.1, -0.05) is 42.5 Å². The number of ether oxygens (including phenoxy) is 3. The standard InChI is InChI=1S/C29H33N3O6/c1-20-27(29(35)32(30(20)2)24-6-4-3-5-7-24)23-16-25(28(34)31-12-14-36-15-13-31)38-26(17-23)37-19-22-10-8-21(18-33)9-11-22/h3-11,16,23,26,33H,12-15,17-19H2,1-2H3/t23-,26+/m0/s1. The predicted octanol–water partition coefficient (Wildman–Crippen LogP) is 2.77. The van der Waals surface area contributed by atoms with E-state index in [2.05, 4.69) is 0 Å². The zero-order valence-electron chi connectivity index (χ0n) is 21.7. The summed E-state index contributed by atoms with van der Waals surface area (Å²) in [6.45, 7) is 4.09. The summed E-state index contributed by atoms with van der Waals surface area (Å²) in [5, 5.41) is 9.30. The summed E-state index contributed by atoms with van der Waals surface area (Å²) in [4.78, 5) is 28.8. The summed E-state index contributed by atoms with van der Waals surface area (Å²) in [6.07, 6.45) is 1.45. The van der Waals surface area contributed by atoms with E-state index in [9.17, 15) is 14.7 Å². The minimum atomic E-state index is -0.716. The molecule has 0 bridgehead atoms. The van der Waals surface area contributed by atoms with E-state index in [1.807, 2.05) is 73.3 Å². The van der Waals surface area contributed by atoms with Crippen molar-refractivity contribution in [2.75, 3.05) is 26.3 Å². The molecule has 200 valence electrons. The van der Waals surface area contributed by atoms with Gasteiger partial charge in [0.15, 0.2) is 5.76 Å². The molecule has 3 aromatic rings. The molecule has 1 fully saturated rings. The molecule has 0 saturated carbocycles. The first-order chi connectivity index (χ1) is 18.5. The van der Waals surface area contributed by atoms with Crippen molar-refractivity contribution < 1.29 is 24.1 Å². The first kappa shape index (κ1) is 26.0. The van der Waals surface area contributed by atoms with E-state index in [0.29, 0.717) is 38.3 Å². The number of aliphatic hydroxyl groups is 1. The van der Waals surface area contributed by atoms with Gasteiger partial charge in [0.1, 0.15) is 0 Å². The molecule has 1 saturated heterocycles. The third-order valence-electron chi connectivity index (χ3n) is 7.18. The number of rotatable bonds is 7. The second-order valence-corrected chi connectivity index (χ2v) is 9.59. The monoisotopic (exact) mass is 519 g/mol. The fourth-order valence-electron chi connectivity index (χ4n) is 4.98. The van der Waals surface area contributed by atoms with Crippen LogP contribution in [-0.2, 0) is 39.3 Å². The SMILES string of the molecule is Cc1c([C@H]2C=C(C(=O)N3CCOCC3)O[C@@H](OCc3ccc(CO)cc3)C2)c(=O)n(-c2ccccc2)n1C. The topological polar surface area (TPSA) is 95.2 Å². The molecular weight excluding hydrogens is 486 g/mol. The van der Waals surface area contributed by atoms with Gasteiger partial charge < -0.3 is 24.2 Å². The Hall–Kier alpha value is -3.66. The van der Waals surface area contributed by atoms with Crippen LogP contribution in [0.1, 0.15) is 34.7 Å². The smallest absolute Gasteiger partial charge is 0.288 e. The van der Waals surface area contributed by atoms with E-state index in [0.717, 1.165) is 22.5 Å². The van der Waals surface area contributed by atoms with Gasteiger partial charge in [-0.3, -0.25) is 14.3 Å². The maximum absolute atomic E-state index is 13.7. The number of aliphatic hydroxyl groups excluding tert-OH is 1. The summed E-state index contributed by atoms with van der Waals surface area (Å²) in [5.41, 5.74) is 3.81. The Labute approximate surface area is 221 Å². The van der Waals surface area contributed by atoms with Crippen LogP contribution in [0.3, 0.4) is 0 Å². The third-order valence-corrected chi connectivity index (χ3v) is 7.18. The van der Waals surface area contributed by atoms with Crippen LogP contribution in [0.2, 0.25) is 0 Å². The van der Waals surface area contributed by atoms with Gasteiger partial charge in [0.05, 0.1) is 32.1 Å². The largest absolute Gasteiger partial charge is 0.459 e. The Kier molecular flexibility index (Phi) is 7.78. The number of benzene rings is 2. The van der Waals surface area contributed by atoms with E-state index < -0.39 is 6.29 Å². The van der Waals surface area contributed by atoms with Gasteiger partial charge in [-0.15, -0.1) is 0 Å². The lowest BCUT2D eigenvalue weighted by atomic mass is 9.93. The lowest BCUT2D eigenvalue weighted by molar-refractivity contribution is -0.158. The van der Waals surface area contributed by atoms with Crippen molar-refractivity contribution in [1.82, 2.24) is 14.3 Å². The van der Waals surface area contributed by atoms with E-state index in [1.54, 1.807) is 15.7 Å². The highest BCUT2D eigenvalue weighted by Crippen LogP contribution is 2.33. The lowest BCUT2D eigenvalue weighted by Crippen LogP contribution is -2.43. The summed E-state index contributed by atoms with van der Waals surface area (Å²) >= 11 is 0. The first-order valence-corrected chi connectivity index (χ1v) is 12.9. The van der Waals surface area contributed by atoms with Crippen LogP contribution in [0.25, 0.3) is 5.69 Å². The van der Waals surface area contributed by atoms with Crippen molar-refractivity contribution in [2.24, 2.45) is 7.05 Å². The summed E-state index contributed by atoms with van der Waals surface area (Å²) in [5.74, 6) is -0.400. The number of nitrogens with zero attached hydrogens (tertiary/aromatic N) is 3. The second-order valence-electron chi connectivity index (χ2n) is 9.59. The maximum atomic E-state index is 13.7. The van der Waals surface area contributed by atoms with E-state index >= 15 is 0 Å². The molecule has 5 rings (SSSR count). The number of allylic oxidation sites excluding steroid dienone is 1. The van der Waals surface area contributed by atoms with Crippen LogP contribution in [-0.4, -0.2) is 57.9 Å². The van der Waals surface area contributed by atoms with Gasteiger partial charge in [-0.2, -0.15) is 0 Å². The molecule has 2 aliphatic heterocycles. The molecule has 1 amide bonds. The number of aromatic nitrogens is 2. The molecule has 1 N–H and O–H groups in total. The Balaban J connectivity index is 1.46. The van der Waals surface area contributed by atoms with Gasteiger partial charge >= 0.3 is 0 Å². The van der Waals surface area contributed by atoms with Crippen molar-refractivity contribution >= 4 is 5.91 Å². The van der Waals surface area contributed by atoms with Crippen molar-refractivity contribution in [3.8, 4) is 5.69 Å². The Bertz CT molecular complexity index is 1350. The highest BCUT2D eigenvalue weighted by atomic mass is 16.7. The predicted molar refractivity (Wildman–Crippen MR) is 141 cm³/mol. The highest BCUT2D eigenvalue weighted by Gasteiger charge is 2.34. The third kappa shape index (κ3) is 5.31. The minimum absolute atomic E-state index is 0.0245. The number of para-hydroxylation sites is 1. The fourth-order valence-corrected chi connectivity index (χ4v) is 4.98. The molecule has 9 nitrogen and oxygen atoms in total. The Morgan fingerprint density at radius 3 is 2.42 bits per heavy atom. The van der Waals surface area contributed by atoms with Gasteiger partial charge in [0.2, 0.25) is 6.29 Å². The van der Waals surface area contributed by atoms with Crippen molar-refractivity contribution in [1.29, 1.82) is 0 Å². The van der Waals surface area contributed by atoms with E-state index in [4.69, 9.17) is 14.2 Å². The van der Waals surface area contributed by atoms with Crippen LogP contribution >= 0.6 is 0 Å². The molecule has 1 aromatic heterocycles. The number of hydrogen-bond acceptors (Lipinski definition) is 6. The highest BCUT2D eigenvalue weighted by molar-refractivity contribution is 5.91. The number of amides is 1. The Morgan fingerprint density at radius 2 is 1.74 bits per heavy atom. The van der Waals surface area contributed by atoms with Crippen LogP contribution in [0.15, 0.2) is 71.2 Å². The maximum Gasteiger partial charge on any atom is 0.288 e. The number of morpholine rings is 1. The van der Waals surface area contributed by atoms with Crippen LogP contribution in [0.5, 0.6) is 0 Å². The second kappa shape index (κ2) is 11.4. The average molecular weight is 520 g/mol. The van der Waals surface area contributed by atoms with E-state index in [1.165, 1.54) is 0 Å². The summed E-state index contributed by atoms with van der Waals surface area (Å²) < 4.78 is 21.1. The zero-order chi connectivity index (χ0) is 26.6. The minimum Gasteiger partial charge on any atom is -0.459 e.